The summed E-state index contributed by atoms with van der Waals surface area (Å²) >= 11 is 3.30. The Bertz CT molecular complexity index is 903. The maximum Gasteiger partial charge on any atom is 0.251 e. The summed E-state index contributed by atoms with van der Waals surface area (Å²) in [7, 11) is 0. The molecule has 0 saturated heterocycles. The molecule has 0 aliphatic rings. The van der Waals surface area contributed by atoms with Crippen LogP contribution >= 0.6 is 15.9 Å². The number of halogens is 1. The van der Waals surface area contributed by atoms with E-state index >= 15 is 0 Å². The highest BCUT2D eigenvalue weighted by molar-refractivity contribution is 9.10. The number of fused-ring (bicyclic) bond motifs is 1. The van der Waals surface area contributed by atoms with E-state index in [0.717, 1.165) is 4.47 Å². The van der Waals surface area contributed by atoms with Crippen LogP contribution in [0.5, 0.6) is 0 Å². The first kappa shape index (κ1) is 16.2. The number of amides is 2. The van der Waals surface area contributed by atoms with E-state index in [1.165, 1.54) is 0 Å². The standard InChI is InChI=1S/C17H14BrN3O3/c1-10-20-14-8-13(6-7-15(14)24-10)21-16(22)9-19-17(23)11-2-4-12(18)5-3-11/h2-8H,9H2,1H3,(H,19,23)(H,21,22). The highest BCUT2D eigenvalue weighted by atomic mass is 79.9. The van der Waals surface area contributed by atoms with Crippen LogP contribution in [0.2, 0.25) is 0 Å². The maximum absolute atomic E-state index is 12.0. The van der Waals surface area contributed by atoms with E-state index in [1.54, 1.807) is 49.4 Å². The molecule has 0 fully saturated rings. The lowest BCUT2D eigenvalue weighted by molar-refractivity contribution is -0.115. The average molecular weight is 388 g/mol. The van der Waals surface area contributed by atoms with Crippen molar-refractivity contribution in [2.24, 2.45) is 0 Å². The van der Waals surface area contributed by atoms with Gasteiger partial charge in [0.1, 0.15) is 5.52 Å². The Labute approximate surface area is 146 Å². The van der Waals surface area contributed by atoms with Crippen LogP contribution in [0.1, 0.15) is 16.2 Å². The van der Waals surface area contributed by atoms with Crippen LogP contribution in [0.15, 0.2) is 51.4 Å². The van der Waals surface area contributed by atoms with Crippen molar-refractivity contribution >= 4 is 44.5 Å². The van der Waals surface area contributed by atoms with Gasteiger partial charge in [0.25, 0.3) is 5.91 Å². The van der Waals surface area contributed by atoms with Crippen molar-refractivity contribution in [1.82, 2.24) is 10.3 Å². The van der Waals surface area contributed by atoms with Crippen molar-refractivity contribution in [2.75, 3.05) is 11.9 Å². The van der Waals surface area contributed by atoms with Crippen LogP contribution in [-0.2, 0) is 4.79 Å². The quantitative estimate of drug-likeness (QED) is 0.719. The number of oxazole rings is 1. The van der Waals surface area contributed by atoms with Crippen LogP contribution < -0.4 is 10.6 Å². The van der Waals surface area contributed by atoms with E-state index in [0.29, 0.717) is 28.2 Å². The van der Waals surface area contributed by atoms with Crippen LogP contribution in [0.4, 0.5) is 5.69 Å². The van der Waals surface area contributed by atoms with Gasteiger partial charge in [0, 0.05) is 22.6 Å². The van der Waals surface area contributed by atoms with Gasteiger partial charge < -0.3 is 15.1 Å². The third kappa shape index (κ3) is 3.80. The van der Waals surface area contributed by atoms with Crippen molar-refractivity contribution in [2.45, 2.75) is 6.92 Å². The molecule has 7 heteroatoms. The largest absolute Gasteiger partial charge is 0.441 e. The van der Waals surface area contributed by atoms with Crippen LogP contribution in [0.3, 0.4) is 0 Å². The van der Waals surface area contributed by atoms with Gasteiger partial charge in [-0.15, -0.1) is 0 Å². The minimum absolute atomic E-state index is 0.120. The fourth-order valence-electron chi connectivity index (χ4n) is 2.19. The molecular weight excluding hydrogens is 374 g/mol. The summed E-state index contributed by atoms with van der Waals surface area (Å²) in [6, 6.07) is 12.1. The second-order valence-electron chi connectivity index (χ2n) is 5.15. The third-order valence-corrected chi connectivity index (χ3v) is 3.82. The molecule has 0 saturated carbocycles. The topological polar surface area (TPSA) is 84.2 Å². The number of hydrogen-bond donors (Lipinski definition) is 2. The van der Waals surface area contributed by atoms with Crippen LogP contribution in [-0.4, -0.2) is 23.3 Å². The van der Waals surface area contributed by atoms with Crippen molar-refractivity contribution in [3.8, 4) is 0 Å². The Morgan fingerprint density at radius 1 is 1.17 bits per heavy atom. The molecule has 3 aromatic rings. The predicted molar refractivity (Wildman–Crippen MR) is 93.9 cm³/mol. The smallest absolute Gasteiger partial charge is 0.251 e. The number of aromatic nitrogens is 1. The number of rotatable bonds is 4. The Morgan fingerprint density at radius 3 is 2.67 bits per heavy atom. The van der Waals surface area contributed by atoms with Crippen molar-refractivity contribution in [1.29, 1.82) is 0 Å². The molecule has 3 rings (SSSR count). The van der Waals surface area contributed by atoms with Gasteiger partial charge in [0.2, 0.25) is 5.91 Å². The van der Waals surface area contributed by atoms with Crippen molar-refractivity contribution < 1.29 is 14.0 Å². The first-order chi connectivity index (χ1) is 11.5. The molecule has 1 heterocycles. The summed E-state index contributed by atoms with van der Waals surface area (Å²) in [6.07, 6.45) is 0. The normalized spacial score (nSPS) is 10.6. The van der Waals surface area contributed by atoms with Crippen LogP contribution in [0, 0.1) is 6.92 Å². The molecule has 0 aliphatic heterocycles. The molecule has 0 unspecified atom stereocenters. The van der Waals surface area contributed by atoms with E-state index < -0.39 is 0 Å². The highest BCUT2D eigenvalue weighted by Gasteiger charge is 2.09. The van der Waals surface area contributed by atoms with Gasteiger partial charge in [0.05, 0.1) is 6.54 Å². The molecule has 2 aromatic carbocycles. The van der Waals surface area contributed by atoms with Gasteiger partial charge in [-0.25, -0.2) is 4.98 Å². The van der Waals surface area contributed by atoms with E-state index in [-0.39, 0.29) is 18.4 Å². The Kier molecular flexibility index (Phi) is 4.61. The SMILES string of the molecule is Cc1nc2cc(NC(=O)CNC(=O)c3ccc(Br)cc3)ccc2o1. The number of aryl methyl sites for hydroxylation is 1. The zero-order valence-electron chi connectivity index (χ0n) is 12.8. The van der Waals surface area contributed by atoms with E-state index in [2.05, 4.69) is 31.5 Å². The number of hydrogen-bond acceptors (Lipinski definition) is 4. The van der Waals surface area contributed by atoms with E-state index in [1.807, 2.05) is 0 Å². The number of carbonyl (C=O) groups excluding carboxylic acids is 2. The number of carbonyl (C=O) groups is 2. The predicted octanol–water partition coefficient (Wildman–Crippen LogP) is 3.27. The second kappa shape index (κ2) is 6.84. The number of nitrogens with zero attached hydrogens (tertiary/aromatic N) is 1. The minimum atomic E-state index is -0.319. The molecule has 0 radical (unpaired) electrons. The lowest BCUT2D eigenvalue weighted by atomic mass is 10.2. The Morgan fingerprint density at radius 2 is 1.92 bits per heavy atom. The number of nitrogens with one attached hydrogen (secondary N) is 2. The average Bonchev–Trinajstić information content (AvgIpc) is 2.92. The molecule has 6 nitrogen and oxygen atoms in total. The van der Waals surface area contributed by atoms with Crippen molar-refractivity contribution in [3.63, 3.8) is 0 Å². The first-order valence-electron chi connectivity index (χ1n) is 7.22. The highest BCUT2D eigenvalue weighted by Crippen LogP contribution is 2.19. The number of benzene rings is 2. The zero-order valence-corrected chi connectivity index (χ0v) is 14.4. The Balaban J connectivity index is 1.58. The monoisotopic (exact) mass is 387 g/mol. The van der Waals surface area contributed by atoms with Gasteiger partial charge in [0.15, 0.2) is 11.5 Å². The molecule has 122 valence electrons. The summed E-state index contributed by atoms with van der Waals surface area (Å²) < 4.78 is 6.26. The Hall–Kier alpha value is -2.67. The van der Waals surface area contributed by atoms with Gasteiger partial charge >= 0.3 is 0 Å². The maximum atomic E-state index is 12.0. The summed E-state index contributed by atoms with van der Waals surface area (Å²) in [5.41, 5.74) is 2.42. The summed E-state index contributed by atoms with van der Waals surface area (Å²) in [5.74, 6) is -0.0597. The number of anilines is 1. The van der Waals surface area contributed by atoms with Gasteiger partial charge in [-0.2, -0.15) is 0 Å². The van der Waals surface area contributed by atoms with Gasteiger partial charge in [-0.1, -0.05) is 15.9 Å². The minimum Gasteiger partial charge on any atom is -0.441 e. The molecule has 2 amide bonds. The third-order valence-electron chi connectivity index (χ3n) is 3.29. The molecule has 0 atom stereocenters. The van der Waals surface area contributed by atoms with Gasteiger partial charge in [-0.05, 0) is 42.5 Å². The molecule has 2 N–H and O–H groups in total. The molecular formula is C17H14BrN3O3. The zero-order chi connectivity index (χ0) is 17.1. The summed E-state index contributed by atoms with van der Waals surface area (Å²) in [6.45, 7) is 1.64. The molecule has 0 spiro atoms. The first-order valence-corrected chi connectivity index (χ1v) is 8.01. The lowest BCUT2D eigenvalue weighted by Crippen LogP contribution is -2.32. The van der Waals surface area contributed by atoms with Gasteiger partial charge in [-0.3, -0.25) is 9.59 Å². The fraction of sp³-hybridized carbons (Fsp3) is 0.118. The van der Waals surface area contributed by atoms with Crippen LogP contribution in [0.25, 0.3) is 11.1 Å². The van der Waals surface area contributed by atoms with E-state index in [9.17, 15) is 9.59 Å². The molecule has 24 heavy (non-hydrogen) atoms. The molecule has 0 aliphatic carbocycles. The van der Waals surface area contributed by atoms with Crippen molar-refractivity contribution in [3.05, 3.63) is 58.4 Å². The molecule has 1 aromatic heterocycles. The second-order valence-corrected chi connectivity index (χ2v) is 6.07. The molecule has 0 bridgehead atoms. The summed E-state index contributed by atoms with van der Waals surface area (Å²) in [5, 5.41) is 5.30. The fourth-order valence-corrected chi connectivity index (χ4v) is 2.45. The summed E-state index contributed by atoms with van der Waals surface area (Å²) in [4.78, 5) is 28.1. The van der Waals surface area contributed by atoms with E-state index in [4.69, 9.17) is 4.42 Å². The lowest BCUT2D eigenvalue weighted by Gasteiger charge is -2.07.